The molecule has 0 aromatic heterocycles. The zero-order valence-corrected chi connectivity index (χ0v) is 20.1. The first-order chi connectivity index (χ1) is 16.9. The molecule has 0 N–H and O–H groups in total. The lowest BCUT2D eigenvalue weighted by Gasteiger charge is -2.29. The van der Waals surface area contributed by atoms with Crippen LogP contribution in [0, 0.1) is 29.2 Å². The third-order valence-corrected chi connectivity index (χ3v) is 7.15. The van der Waals surface area contributed by atoms with Gasteiger partial charge in [0.25, 0.3) is 0 Å². The van der Waals surface area contributed by atoms with Crippen molar-refractivity contribution in [1.29, 1.82) is 0 Å². The Hall–Kier alpha value is -3.08. The molecule has 35 heavy (non-hydrogen) atoms. The number of ether oxygens (including phenoxy) is 1. The molecule has 1 aliphatic carbocycles. The fourth-order valence-electron chi connectivity index (χ4n) is 5.11. The Bertz CT molecular complexity index is 1190. The molecule has 1 fully saturated rings. The Balaban J connectivity index is 1.51. The maximum atomic E-state index is 15.1. The van der Waals surface area contributed by atoms with E-state index in [2.05, 4.69) is 12.2 Å². The Kier molecular flexibility index (Phi) is 7.94. The van der Waals surface area contributed by atoms with Crippen molar-refractivity contribution in [2.75, 3.05) is 7.11 Å². The fourth-order valence-corrected chi connectivity index (χ4v) is 5.11. The Morgan fingerprint density at radius 1 is 0.743 bits per heavy atom. The molecule has 4 rings (SSSR count). The molecule has 0 bridgehead atoms. The van der Waals surface area contributed by atoms with Crippen LogP contribution in [0.4, 0.5) is 17.6 Å². The van der Waals surface area contributed by atoms with Crippen LogP contribution < -0.4 is 4.74 Å². The summed E-state index contributed by atoms with van der Waals surface area (Å²) in [5.74, 6) is -3.23. The van der Waals surface area contributed by atoms with Gasteiger partial charge in [0.2, 0.25) is 5.82 Å². The largest absolute Gasteiger partial charge is 0.494 e. The second-order valence-electron chi connectivity index (χ2n) is 9.22. The van der Waals surface area contributed by atoms with Gasteiger partial charge in [-0.2, -0.15) is 4.39 Å². The highest BCUT2D eigenvalue weighted by atomic mass is 19.2. The van der Waals surface area contributed by atoms with Crippen LogP contribution in [0.3, 0.4) is 0 Å². The summed E-state index contributed by atoms with van der Waals surface area (Å²) in [6, 6.07) is 12.4. The molecule has 0 unspecified atom stereocenters. The van der Waals surface area contributed by atoms with Crippen LogP contribution in [0.15, 0.2) is 60.7 Å². The van der Waals surface area contributed by atoms with E-state index in [1.54, 1.807) is 36.4 Å². The molecule has 0 amide bonds. The van der Waals surface area contributed by atoms with Crippen molar-refractivity contribution in [3.63, 3.8) is 0 Å². The van der Waals surface area contributed by atoms with Gasteiger partial charge < -0.3 is 4.74 Å². The molecule has 1 saturated carbocycles. The van der Waals surface area contributed by atoms with Crippen LogP contribution in [-0.4, -0.2) is 7.11 Å². The van der Waals surface area contributed by atoms with Crippen molar-refractivity contribution in [3.05, 3.63) is 89.5 Å². The predicted molar refractivity (Wildman–Crippen MR) is 132 cm³/mol. The monoisotopic (exact) mass is 482 g/mol. The first-order valence-corrected chi connectivity index (χ1v) is 12.2. The van der Waals surface area contributed by atoms with Gasteiger partial charge in [0.05, 0.1) is 7.11 Å². The molecular weight excluding hydrogens is 452 g/mol. The molecule has 0 heterocycles. The highest BCUT2D eigenvalue weighted by Gasteiger charge is 2.26. The number of rotatable bonds is 7. The summed E-state index contributed by atoms with van der Waals surface area (Å²) in [5.41, 5.74) is 1.57. The Morgan fingerprint density at radius 2 is 1.31 bits per heavy atom. The number of allylic oxidation sites excluding steroid dienone is 2. The number of methoxy groups -OCH3 is 1. The maximum Gasteiger partial charge on any atom is 0.201 e. The molecule has 0 atom stereocenters. The number of hydrogen-bond donors (Lipinski definition) is 0. The van der Waals surface area contributed by atoms with Gasteiger partial charge in [0, 0.05) is 11.1 Å². The third kappa shape index (κ3) is 5.29. The summed E-state index contributed by atoms with van der Waals surface area (Å²) >= 11 is 0. The van der Waals surface area contributed by atoms with E-state index >= 15 is 8.78 Å². The van der Waals surface area contributed by atoms with Crippen molar-refractivity contribution in [2.24, 2.45) is 5.92 Å². The number of hydrogen-bond acceptors (Lipinski definition) is 1. The molecule has 1 aliphatic rings. The van der Waals surface area contributed by atoms with E-state index in [1.807, 2.05) is 6.92 Å². The SMILES string of the molecule is C/C=C/CCC1CCC(c2ccc(-c3ccc(-c4ccc(OC)c(F)c4F)cc3)c(F)c2F)CC1. The highest BCUT2D eigenvalue weighted by Crippen LogP contribution is 2.40. The molecule has 0 saturated heterocycles. The maximum absolute atomic E-state index is 15.1. The number of halogens is 4. The average molecular weight is 483 g/mol. The predicted octanol–water partition coefficient (Wildman–Crippen LogP) is 9.22. The summed E-state index contributed by atoms with van der Waals surface area (Å²) in [6.07, 6.45) is 10.3. The second kappa shape index (κ2) is 11.1. The van der Waals surface area contributed by atoms with E-state index in [0.29, 0.717) is 22.6 Å². The summed E-state index contributed by atoms with van der Waals surface area (Å²) in [5, 5.41) is 0. The standard InChI is InChI=1S/C30H30F4O/c1-3-4-5-6-19-7-9-20(10-8-19)23-15-16-24(28(32)27(23)31)21-11-13-22(14-12-21)25-17-18-26(35-2)30(34)29(25)33/h3-4,11-20H,5-10H2,1-2H3/b4-3+. The molecule has 3 aromatic rings. The van der Waals surface area contributed by atoms with Crippen LogP contribution >= 0.6 is 0 Å². The normalized spacial score (nSPS) is 18.2. The molecule has 0 spiro atoms. The first kappa shape index (κ1) is 25.0. The average Bonchev–Trinajstić information content (AvgIpc) is 2.88. The van der Waals surface area contributed by atoms with Crippen LogP contribution in [0.1, 0.15) is 56.9 Å². The molecule has 5 heteroatoms. The van der Waals surface area contributed by atoms with Gasteiger partial charge in [-0.15, -0.1) is 0 Å². The lowest BCUT2D eigenvalue weighted by Crippen LogP contribution is -2.15. The van der Waals surface area contributed by atoms with E-state index in [4.69, 9.17) is 4.74 Å². The lowest BCUT2D eigenvalue weighted by atomic mass is 9.77. The topological polar surface area (TPSA) is 9.23 Å². The summed E-state index contributed by atoms with van der Waals surface area (Å²) in [6.45, 7) is 2.02. The van der Waals surface area contributed by atoms with Gasteiger partial charge >= 0.3 is 0 Å². The smallest absolute Gasteiger partial charge is 0.201 e. The van der Waals surface area contributed by atoms with E-state index < -0.39 is 23.3 Å². The summed E-state index contributed by atoms with van der Waals surface area (Å²) in [4.78, 5) is 0. The van der Waals surface area contributed by atoms with Crippen LogP contribution in [0.25, 0.3) is 22.3 Å². The molecule has 0 radical (unpaired) electrons. The van der Waals surface area contributed by atoms with Gasteiger partial charge in [0.15, 0.2) is 23.2 Å². The van der Waals surface area contributed by atoms with Gasteiger partial charge in [-0.05, 0) is 86.1 Å². The van der Waals surface area contributed by atoms with Crippen molar-refractivity contribution in [2.45, 2.75) is 51.4 Å². The third-order valence-electron chi connectivity index (χ3n) is 7.15. The van der Waals surface area contributed by atoms with Crippen molar-refractivity contribution >= 4 is 0 Å². The Labute approximate surface area is 204 Å². The minimum absolute atomic E-state index is 0.0341. The molecular formula is C30H30F4O. The summed E-state index contributed by atoms with van der Waals surface area (Å²) in [7, 11) is 1.27. The lowest BCUT2D eigenvalue weighted by molar-refractivity contribution is 0.306. The molecule has 3 aromatic carbocycles. The molecule has 1 nitrogen and oxygen atoms in total. The van der Waals surface area contributed by atoms with Crippen molar-refractivity contribution in [1.82, 2.24) is 0 Å². The first-order valence-electron chi connectivity index (χ1n) is 12.2. The van der Waals surface area contributed by atoms with E-state index in [9.17, 15) is 8.78 Å². The van der Waals surface area contributed by atoms with E-state index in [1.165, 1.54) is 19.2 Å². The second-order valence-corrected chi connectivity index (χ2v) is 9.22. The Morgan fingerprint density at radius 3 is 1.89 bits per heavy atom. The molecule has 0 aliphatic heterocycles. The fraction of sp³-hybridized carbons (Fsp3) is 0.333. The van der Waals surface area contributed by atoms with Gasteiger partial charge in [-0.3, -0.25) is 0 Å². The van der Waals surface area contributed by atoms with Crippen molar-refractivity contribution < 1.29 is 22.3 Å². The van der Waals surface area contributed by atoms with E-state index in [-0.39, 0.29) is 22.8 Å². The van der Waals surface area contributed by atoms with Crippen LogP contribution in [0.5, 0.6) is 5.75 Å². The van der Waals surface area contributed by atoms with Crippen LogP contribution in [0.2, 0.25) is 0 Å². The zero-order valence-electron chi connectivity index (χ0n) is 20.1. The van der Waals surface area contributed by atoms with Gasteiger partial charge in [0.1, 0.15) is 0 Å². The highest BCUT2D eigenvalue weighted by molar-refractivity contribution is 5.71. The molecule has 184 valence electrons. The minimum atomic E-state index is -1.07. The van der Waals surface area contributed by atoms with Crippen LogP contribution in [-0.2, 0) is 0 Å². The quantitative estimate of drug-likeness (QED) is 0.241. The summed E-state index contributed by atoms with van der Waals surface area (Å²) < 4.78 is 63.5. The van der Waals surface area contributed by atoms with Gasteiger partial charge in [-0.1, -0.05) is 48.6 Å². The van der Waals surface area contributed by atoms with Crippen molar-refractivity contribution in [3.8, 4) is 28.0 Å². The zero-order chi connectivity index (χ0) is 24.9. The van der Waals surface area contributed by atoms with E-state index in [0.717, 1.165) is 38.5 Å². The van der Waals surface area contributed by atoms with Gasteiger partial charge in [-0.25, -0.2) is 13.2 Å². The number of benzene rings is 3. The minimum Gasteiger partial charge on any atom is -0.494 e.